The molecule has 2 fully saturated rings. The van der Waals surface area contributed by atoms with E-state index in [0.717, 1.165) is 41.9 Å². The van der Waals surface area contributed by atoms with E-state index in [1.807, 2.05) is 17.4 Å². The summed E-state index contributed by atoms with van der Waals surface area (Å²) in [6.45, 7) is 4.51. The maximum Gasteiger partial charge on any atom is 0.348 e. The van der Waals surface area contributed by atoms with Gasteiger partial charge in [0.25, 0.3) is 0 Å². The first-order chi connectivity index (χ1) is 16.2. The molecule has 184 valence electrons. The van der Waals surface area contributed by atoms with Crippen molar-refractivity contribution < 1.29 is 9.53 Å². The van der Waals surface area contributed by atoms with Crippen LogP contribution in [0.25, 0.3) is 9.40 Å². The van der Waals surface area contributed by atoms with Crippen molar-refractivity contribution in [3.8, 4) is 0 Å². The Labute approximate surface area is 209 Å². The van der Waals surface area contributed by atoms with Gasteiger partial charge in [0, 0.05) is 10.3 Å². The smallest absolute Gasteiger partial charge is 0.348 e. The largest absolute Gasteiger partial charge is 0.458 e. The number of esters is 1. The molecule has 2 aliphatic rings. The zero-order chi connectivity index (χ0) is 23.0. The van der Waals surface area contributed by atoms with E-state index in [1.165, 1.54) is 97.7 Å². The van der Waals surface area contributed by atoms with Crippen molar-refractivity contribution in [1.82, 2.24) is 0 Å². The van der Waals surface area contributed by atoms with Crippen LogP contribution in [0.2, 0.25) is 0 Å². The van der Waals surface area contributed by atoms with Crippen molar-refractivity contribution in [3.63, 3.8) is 0 Å². The van der Waals surface area contributed by atoms with Crippen LogP contribution in [0, 0.1) is 17.8 Å². The molecule has 4 rings (SSSR count). The molecule has 2 aliphatic carbocycles. The van der Waals surface area contributed by atoms with Gasteiger partial charge < -0.3 is 4.74 Å². The molecule has 33 heavy (non-hydrogen) atoms. The molecule has 0 N–H and O–H groups in total. The van der Waals surface area contributed by atoms with Crippen molar-refractivity contribution in [3.05, 3.63) is 21.9 Å². The Bertz CT molecular complexity index is 819. The first kappa shape index (κ1) is 25.2. The molecular formula is C29H44O2S2. The molecule has 0 amide bonds. The highest BCUT2D eigenvalue weighted by Gasteiger charge is 2.32. The SMILES string of the molecule is CCCCCCCC1CCC(C2CCC(OC(=O)c3cc4cc(CCC)sc4s3)CC2)CC1. The maximum atomic E-state index is 12.7. The molecule has 2 saturated carbocycles. The highest BCUT2D eigenvalue weighted by molar-refractivity contribution is 7.39. The van der Waals surface area contributed by atoms with Crippen LogP contribution in [0.5, 0.6) is 0 Å². The number of rotatable bonds is 11. The summed E-state index contributed by atoms with van der Waals surface area (Å²) in [6.07, 6.45) is 21.4. The van der Waals surface area contributed by atoms with Gasteiger partial charge in [0.1, 0.15) is 11.0 Å². The molecule has 0 radical (unpaired) electrons. The minimum Gasteiger partial charge on any atom is -0.458 e. The summed E-state index contributed by atoms with van der Waals surface area (Å²) in [5, 5.41) is 1.22. The number of thiophene rings is 2. The maximum absolute atomic E-state index is 12.7. The van der Waals surface area contributed by atoms with Crippen molar-refractivity contribution in [2.24, 2.45) is 17.8 Å². The normalized spacial score (nSPS) is 26.0. The molecule has 0 atom stereocenters. The van der Waals surface area contributed by atoms with Crippen molar-refractivity contribution in [1.29, 1.82) is 0 Å². The fraction of sp³-hybridized carbons (Fsp3) is 0.759. The van der Waals surface area contributed by atoms with E-state index in [4.69, 9.17) is 4.74 Å². The number of hydrogen-bond acceptors (Lipinski definition) is 4. The van der Waals surface area contributed by atoms with E-state index in [2.05, 4.69) is 19.9 Å². The highest BCUT2D eigenvalue weighted by Crippen LogP contribution is 2.42. The molecule has 2 aromatic rings. The van der Waals surface area contributed by atoms with E-state index >= 15 is 0 Å². The second-order valence-corrected chi connectivity index (χ2v) is 13.2. The quantitative estimate of drug-likeness (QED) is 0.232. The first-order valence-corrected chi connectivity index (χ1v) is 15.5. The van der Waals surface area contributed by atoms with Crippen molar-refractivity contribution >= 4 is 38.0 Å². The molecule has 0 unspecified atom stereocenters. The van der Waals surface area contributed by atoms with Crippen LogP contribution < -0.4 is 0 Å². The van der Waals surface area contributed by atoms with Crippen LogP contribution in [0.3, 0.4) is 0 Å². The van der Waals surface area contributed by atoms with Gasteiger partial charge in [0.2, 0.25) is 0 Å². The van der Waals surface area contributed by atoms with Crippen LogP contribution >= 0.6 is 22.7 Å². The number of fused-ring (bicyclic) bond motifs is 1. The predicted octanol–water partition coefficient (Wildman–Crippen LogP) is 9.80. The first-order valence-electron chi connectivity index (χ1n) is 13.9. The van der Waals surface area contributed by atoms with Crippen LogP contribution in [-0.2, 0) is 11.2 Å². The zero-order valence-electron chi connectivity index (χ0n) is 20.9. The van der Waals surface area contributed by atoms with E-state index in [0.29, 0.717) is 0 Å². The predicted molar refractivity (Wildman–Crippen MR) is 144 cm³/mol. The van der Waals surface area contributed by atoms with Crippen LogP contribution in [0.1, 0.15) is 125 Å². The lowest BCUT2D eigenvalue weighted by Crippen LogP contribution is -2.29. The Morgan fingerprint density at radius 1 is 0.848 bits per heavy atom. The van der Waals surface area contributed by atoms with E-state index in [1.54, 1.807) is 11.3 Å². The molecule has 2 heterocycles. The summed E-state index contributed by atoms with van der Waals surface area (Å²) in [6, 6.07) is 4.30. The lowest BCUT2D eigenvalue weighted by molar-refractivity contribution is 0.0114. The minimum atomic E-state index is -0.0941. The fourth-order valence-corrected chi connectivity index (χ4v) is 8.71. The van der Waals surface area contributed by atoms with E-state index < -0.39 is 0 Å². The van der Waals surface area contributed by atoms with Gasteiger partial charge in [-0.15, -0.1) is 22.7 Å². The molecule has 4 heteroatoms. The molecule has 0 spiro atoms. The van der Waals surface area contributed by atoms with Gasteiger partial charge >= 0.3 is 5.97 Å². The highest BCUT2D eigenvalue weighted by atomic mass is 32.2. The Morgan fingerprint density at radius 2 is 1.55 bits per heavy atom. The summed E-state index contributed by atoms with van der Waals surface area (Å²) < 4.78 is 7.22. The molecule has 0 aliphatic heterocycles. The number of carbonyl (C=O) groups excluding carboxylic acids is 1. The number of aryl methyl sites for hydroxylation is 1. The summed E-state index contributed by atoms with van der Waals surface area (Å²) in [4.78, 5) is 15.0. The third-order valence-corrected chi connectivity index (χ3v) is 10.7. The molecule has 0 bridgehead atoms. The van der Waals surface area contributed by atoms with Gasteiger partial charge in [-0.05, 0) is 74.8 Å². The molecule has 0 saturated heterocycles. The Balaban J connectivity index is 1.15. The number of carbonyl (C=O) groups is 1. The van der Waals surface area contributed by atoms with Crippen LogP contribution in [0.15, 0.2) is 12.1 Å². The van der Waals surface area contributed by atoms with Gasteiger partial charge in [0.15, 0.2) is 0 Å². The van der Waals surface area contributed by atoms with E-state index in [-0.39, 0.29) is 12.1 Å². The summed E-state index contributed by atoms with van der Waals surface area (Å²) in [5.74, 6) is 2.70. The Hall–Kier alpha value is -0.870. The Kier molecular flexibility index (Phi) is 9.73. The third kappa shape index (κ3) is 7.07. The minimum absolute atomic E-state index is 0.0941. The third-order valence-electron chi connectivity index (χ3n) is 8.23. The van der Waals surface area contributed by atoms with Crippen molar-refractivity contribution in [2.45, 2.75) is 123 Å². The standard InChI is InChI=1S/C29H44O2S2/c1-3-5-6-7-8-10-21-11-13-22(14-12-21)23-15-17-25(18-16-23)31-28(30)27-20-24-19-26(9-4-2)32-29(24)33-27/h19-23,25H,3-18H2,1-2H3. The number of hydrogen-bond donors (Lipinski definition) is 0. The van der Waals surface area contributed by atoms with Gasteiger partial charge in [-0.25, -0.2) is 4.79 Å². The summed E-state index contributed by atoms with van der Waals surface area (Å²) in [7, 11) is 0. The second kappa shape index (κ2) is 12.7. The summed E-state index contributed by atoms with van der Waals surface area (Å²) in [5.41, 5.74) is 0. The molecule has 2 nitrogen and oxygen atoms in total. The lowest BCUT2D eigenvalue weighted by atomic mass is 9.70. The lowest BCUT2D eigenvalue weighted by Gasteiger charge is -2.37. The van der Waals surface area contributed by atoms with Gasteiger partial charge in [0.05, 0.1) is 4.01 Å². The Morgan fingerprint density at radius 3 is 2.21 bits per heavy atom. The average Bonchev–Trinajstić information content (AvgIpc) is 3.39. The zero-order valence-corrected chi connectivity index (χ0v) is 22.5. The number of unbranched alkanes of at least 4 members (excludes halogenated alkanes) is 4. The van der Waals surface area contributed by atoms with E-state index in [9.17, 15) is 4.79 Å². The second-order valence-electron chi connectivity index (χ2n) is 10.7. The van der Waals surface area contributed by atoms with Crippen molar-refractivity contribution in [2.75, 3.05) is 0 Å². The monoisotopic (exact) mass is 488 g/mol. The molecule has 2 aromatic heterocycles. The molecule has 0 aromatic carbocycles. The number of ether oxygens (including phenoxy) is 1. The van der Waals surface area contributed by atoms with Gasteiger partial charge in [-0.2, -0.15) is 0 Å². The van der Waals surface area contributed by atoms with Gasteiger partial charge in [-0.3, -0.25) is 0 Å². The summed E-state index contributed by atoms with van der Waals surface area (Å²) >= 11 is 3.46. The topological polar surface area (TPSA) is 26.3 Å². The van der Waals surface area contributed by atoms with Gasteiger partial charge in [-0.1, -0.05) is 71.6 Å². The fourth-order valence-electron chi connectivity index (χ4n) is 6.23. The van der Waals surface area contributed by atoms with Crippen LogP contribution in [0.4, 0.5) is 0 Å². The average molecular weight is 489 g/mol. The molecular weight excluding hydrogens is 444 g/mol. The van der Waals surface area contributed by atoms with Crippen LogP contribution in [-0.4, -0.2) is 12.1 Å².